The fourth-order valence-electron chi connectivity index (χ4n) is 3.03. The number of carbonyl (C=O) groups excluding carboxylic acids is 1. The van der Waals surface area contributed by atoms with E-state index >= 15 is 0 Å². The number of hydrogen-bond acceptors (Lipinski definition) is 6. The first-order chi connectivity index (χ1) is 12.6. The van der Waals surface area contributed by atoms with Gasteiger partial charge in [-0.2, -0.15) is 4.52 Å². The molecule has 2 aromatic heterocycles. The molecule has 3 aromatic rings. The molecule has 1 saturated heterocycles. The van der Waals surface area contributed by atoms with Crippen LogP contribution in [0.15, 0.2) is 36.7 Å². The highest BCUT2D eigenvalue weighted by Crippen LogP contribution is 2.18. The molecule has 0 aliphatic carbocycles. The van der Waals surface area contributed by atoms with Crippen molar-refractivity contribution in [3.63, 3.8) is 0 Å². The molecule has 1 aliphatic rings. The summed E-state index contributed by atoms with van der Waals surface area (Å²) in [5.74, 6) is -0.353. The first-order valence-electron chi connectivity index (χ1n) is 8.27. The van der Waals surface area contributed by atoms with Crippen LogP contribution in [0, 0.1) is 5.82 Å². The molecule has 1 aliphatic heterocycles. The third-order valence-corrected chi connectivity index (χ3v) is 4.47. The first kappa shape index (κ1) is 16.2. The van der Waals surface area contributed by atoms with Crippen LogP contribution in [0.25, 0.3) is 5.65 Å². The zero-order valence-corrected chi connectivity index (χ0v) is 13.9. The van der Waals surface area contributed by atoms with E-state index in [9.17, 15) is 14.3 Å². The molecule has 0 atom stereocenters. The number of aromatic hydroxyl groups is 1. The molecule has 1 amide bonds. The summed E-state index contributed by atoms with van der Waals surface area (Å²) in [4.78, 5) is 16.3. The predicted octanol–water partition coefficient (Wildman–Crippen LogP) is 0.860. The van der Waals surface area contributed by atoms with E-state index in [-0.39, 0.29) is 12.3 Å². The maximum absolute atomic E-state index is 13.1. The van der Waals surface area contributed by atoms with Crippen LogP contribution in [0.5, 0.6) is 5.75 Å². The molecule has 9 heteroatoms. The van der Waals surface area contributed by atoms with Crippen LogP contribution >= 0.6 is 0 Å². The number of hydrogen-bond donors (Lipinski definition) is 1. The van der Waals surface area contributed by atoms with E-state index in [1.165, 1.54) is 18.2 Å². The summed E-state index contributed by atoms with van der Waals surface area (Å²) in [6.45, 7) is 2.49. The largest absolute Gasteiger partial charge is 0.505 e. The topological polar surface area (TPSA) is 86.9 Å². The summed E-state index contributed by atoms with van der Waals surface area (Å²) < 4.78 is 14.7. The van der Waals surface area contributed by atoms with Gasteiger partial charge in [0.2, 0.25) is 5.91 Å². The summed E-state index contributed by atoms with van der Waals surface area (Å²) in [6, 6.07) is 7.72. The van der Waals surface area contributed by atoms with Crippen LogP contribution < -0.4 is 4.90 Å². The molecule has 0 bridgehead atoms. The number of anilines is 1. The van der Waals surface area contributed by atoms with Crippen LogP contribution in [0.2, 0.25) is 0 Å². The number of halogens is 1. The molecule has 1 fully saturated rings. The minimum Gasteiger partial charge on any atom is -0.505 e. The van der Waals surface area contributed by atoms with Gasteiger partial charge in [-0.15, -0.1) is 15.3 Å². The lowest BCUT2D eigenvalue weighted by molar-refractivity contribution is -0.130. The molecule has 4 rings (SSSR count). The molecule has 8 nitrogen and oxygen atoms in total. The molecule has 1 N–H and O–H groups in total. The van der Waals surface area contributed by atoms with Crippen molar-refractivity contribution < 1.29 is 14.3 Å². The minimum atomic E-state index is -0.688. The monoisotopic (exact) mass is 356 g/mol. The second kappa shape index (κ2) is 6.58. The molecule has 0 unspecified atom stereocenters. The van der Waals surface area contributed by atoms with Gasteiger partial charge in [0.25, 0.3) is 0 Å². The van der Waals surface area contributed by atoms with Crippen LogP contribution in [0.3, 0.4) is 0 Å². The molecule has 134 valence electrons. The maximum Gasteiger partial charge on any atom is 0.227 e. The lowest BCUT2D eigenvalue weighted by atomic mass is 10.1. The Bertz CT molecular complexity index is 951. The Balaban J connectivity index is 1.37. The number of carbonyl (C=O) groups is 1. The van der Waals surface area contributed by atoms with E-state index in [4.69, 9.17) is 0 Å². The van der Waals surface area contributed by atoms with E-state index in [0.29, 0.717) is 37.4 Å². The summed E-state index contributed by atoms with van der Waals surface area (Å²) in [5, 5.41) is 21.6. The summed E-state index contributed by atoms with van der Waals surface area (Å²) in [5.41, 5.74) is 1.28. The second-order valence-corrected chi connectivity index (χ2v) is 6.16. The van der Waals surface area contributed by atoms with Crippen molar-refractivity contribution >= 4 is 17.4 Å². The molecular weight excluding hydrogens is 339 g/mol. The average Bonchev–Trinajstić information content (AvgIpc) is 3.12. The van der Waals surface area contributed by atoms with Gasteiger partial charge >= 0.3 is 0 Å². The Morgan fingerprint density at radius 1 is 1.15 bits per heavy atom. The Kier molecular flexibility index (Phi) is 4.11. The number of phenols is 1. The predicted molar refractivity (Wildman–Crippen MR) is 91.3 cm³/mol. The number of rotatable bonds is 3. The zero-order valence-electron chi connectivity index (χ0n) is 13.9. The highest BCUT2D eigenvalue weighted by molar-refractivity contribution is 5.79. The van der Waals surface area contributed by atoms with Gasteiger partial charge in [-0.25, -0.2) is 4.39 Å². The third kappa shape index (κ3) is 3.15. The number of amides is 1. The van der Waals surface area contributed by atoms with Gasteiger partial charge in [-0.05, 0) is 29.8 Å². The van der Waals surface area contributed by atoms with Gasteiger partial charge in [0.1, 0.15) is 12.1 Å². The van der Waals surface area contributed by atoms with Crippen molar-refractivity contribution in [3.8, 4) is 5.75 Å². The summed E-state index contributed by atoms with van der Waals surface area (Å²) >= 11 is 0. The number of nitrogens with zero attached hydrogens (tertiary/aromatic N) is 6. The van der Waals surface area contributed by atoms with Crippen molar-refractivity contribution in [1.29, 1.82) is 0 Å². The van der Waals surface area contributed by atoms with Gasteiger partial charge < -0.3 is 14.9 Å². The average molecular weight is 356 g/mol. The fraction of sp³-hybridized carbons (Fsp3) is 0.294. The van der Waals surface area contributed by atoms with Crippen molar-refractivity contribution in [2.24, 2.45) is 0 Å². The quantitative estimate of drug-likeness (QED) is 0.749. The van der Waals surface area contributed by atoms with Crippen LogP contribution in [-0.4, -0.2) is 61.9 Å². The van der Waals surface area contributed by atoms with Crippen molar-refractivity contribution in [2.75, 3.05) is 31.1 Å². The second-order valence-electron chi connectivity index (χ2n) is 6.16. The Morgan fingerprint density at radius 3 is 2.73 bits per heavy atom. The number of benzene rings is 1. The Hall–Kier alpha value is -3.23. The summed E-state index contributed by atoms with van der Waals surface area (Å²) in [7, 11) is 0. The molecule has 0 saturated carbocycles. The molecule has 0 radical (unpaired) electrons. The lowest BCUT2D eigenvalue weighted by Gasteiger charge is -2.35. The van der Waals surface area contributed by atoms with Gasteiger partial charge in [0.05, 0.1) is 6.42 Å². The fourth-order valence-corrected chi connectivity index (χ4v) is 3.03. The number of piperazine rings is 1. The molecule has 26 heavy (non-hydrogen) atoms. The molecule has 0 spiro atoms. The number of aromatic nitrogens is 4. The van der Waals surface area contributed by atoms with E-state index in [1.807, 2.05) is 12.1 Å². The van der Waals surface area contributed by atoms with Crippen molar-refractivity contribution in [3.05, 3.63) is 48.0 Å². The van der Waals surface area contributed by atoms with Gasteiger partial charge in [0.15, 0.2) is 17.2 Å². The highest BCUT2D eigenvalue weighted by Gasteiger charge is 2.22. The lowest BCUT2D eigenvalue weighted by Crippen LogP contribution is -2.49. The number of phenolic OH excluding ortho intramolecular Hbond substituents is 1. The van der Waals surface area contributed by atoms with E-state index in [2.05, 4.69) is 20.2 Å². The minimum absolute atomic E-state index is 0.0436. The van der Waals surface area contributed by atoms with Crippen LogP contribution in [-0.2, 0) is 11.2 Å². The maximum atomic E-state index is 13.1. The van der Waals surface area contributed by atoms with Crippen LogP contribution in [0.4, 0.5) is 10.2 Å². The number of fused-ring (bicyclic) bond motifs is 1. The van der Waals surface area contributed by atoms with E-state index in [1.54, 1.807) is 15.7 Å². The zero-order chi connectivity index (χ0) is 18.1. The van der Waals surface area contributed by atoms with Gasteiger partial charge in [-0.3, -0.25) is 4.79 Å². The van der Waals surface area contributed by atoms with Gasteiger partial charge in [-0.1, -0.05) is 6.07 Å². The van der Waals surface area contributed by atoms with E-state index < -0.39 is 11.6 Å². The standard InChI is InChI=1S/C17H17FN6O2/c18-13-2-1-12(9-14(13)25)10-17(26)23-7-5-22(6-8-23)16-4-3-15-20-19-11-24(15)21-16/h1-4,9,11,25H,5-8,10H2. The Morgan fingerprint density at radius 2 is 1.96 bits per heavy atom. The summed E-state index contributed by atoms with van der Waals surface area (Å²) in [6.07, 6.45) is 1.69. The van der Waals surface area contributed by atoms with Gasteiger partial charge in [0, 0.05) is 26.2 Å². The molecule has 3 heterocycles. The van der Waals surface area contributed by atoms with Crippen LogP contribution in [0.1, 0.15) is 5.56 Å². The highest BCUT2D eigenvalue weighted by atomic mass is 19.1. The normalized spacial score (nSPS) is 14.8. The Labute approximate surface area is 148 Å². The van der Waals surface area contributed by atoms with Crippen molar-refractivity contribution in [1.82, 2.24) is 24.7 Å². The molecule has 1 aromatic carbocycles. The SMILES string of the molecule is O=C(Cc1ccc(F)c(O)c1)N1CCN(c2ccc3nncn3n2)CC1. The smallest absolute Gasteiger partial charge is 0.227 e. The van der Waals surface area contributed by atoms with E-state index in [0.717, 1.165) is 5.82 Å². The first-order valence-corrected chi connectivity index (χ1v) is 8.27. The molecular formula is C17H17FN6O2. The van der Waals surface area contributed by atoms with Crippen molar-refractivity contribution in [2.45, 2.75) is 6.42 Å². The third-order valence-electron chi connectivity index (χ3n) is 4.47.